The number of likely N-dealkylation sites (N-methyl/N-ethyl adjacent to an activating group) is 1. The van der Waals surface area contributed by atoms with Crippen molar-refractivity contribution in [3.8, 4) is 0 Å². The van der Waals surface area contributed by atoms with Crippen LogP contribution in [0.1, 0.15) is 17.0 Å². The summed E-state index contributed by atoms with van der Waals surface area (Å²) in [5, 5.41) is 8.49. The van der Waals surface area contributed by atoms with Gasteiger partial charge in [0.05, 0.1) is 11.6 Å². The van der Waals surface area contributed by atoms with Crippen LogP contribution in [0.5, 0.6) is 0 Å². The average molecular weight is 455 g/mol. The number of aromatic nitrogens is 3. The Morgan fingerprint density at radius 1 is 1.09 bits per heavy atom. The summed E-state index contributed by atoms with van der Waals surface area (Å²) < 4.78 is 16.5. The van der Waals surface area contributed by atoms with Crippen molar-refractivity contribution in [2.75, 3.05) is 46.3 Å². The highest BCUT2D eigenvalue weighted by Crippen LogP contribution is 2.23. The number of piperazine rings is 1. The van der Waals surface area contributed by atoms with Gasteiger partial charge in [-0.2, -0.15) is 5.10 Å². The van der Waals surface area contributed by atoms with Crippen molar-refractivity contribution in [2.45, 2.75) is 26.9 Å². The molecule has 3 heterocycles. The molecule has 1 saturated heterocycles. The number of nitrogens with one attached hydrogen (secondary N) is 1. The molecule has 1 aliphatic rings. The molecule has 2 aromatic heterocycles. The van der Waals surface area contributed by atoms with Crippen LogP contribution in [-0.2, 0) is 17.9 Å². The van der Waals surface area contributed by atoms with E-state index in [2.05, 4.69) is 27.3 Å². The van der Waals surface area contributed by atoms with Gasteiger partial charge in [0.25, 0.3) is 5.56 Å². The van der Waals surface area contributed by atoms with Crippen molar-refractivity contribution in [1.29, 1.82) is 0 Å². The van der Waals surface area contributed by atoms with Gasteiger partial charge in [0.1, 0.15) is 12.4 Å². The van der Waals surface area contributed by atoms with E-state index in [4.69, 9.17) is 0 Å². The third-order valence-corrected chi connectivity index (χ3v) is 6.50. The van der Waals surface area contributed by atoms with Crippen LogP contribution in [0, 0.1) is 19.7 Å². The van der Waals surface area contributed by atoms with Gasteiger partial charge in [0.15, 0.2) is 0 Å². The molecule has 3 aromatic rings. The minimum absolute atomic E-state index is 0.112. The standard InChI is InChI=1S/C24H31FN6O2/c1-17-21-14-27-31(16-22(32)26-8-9-29-12-10-28(3)11-13-29)24(33)23(21)18(2)30(17)15-19-4-6-20(25)7-5-19/h4-7,14H,8-13,15-16H2,1-3H3,(H,26,32). The van der Waals surface area contributed by atoms with Crippen LogP contribution in [0.3, 0.4) is 0 Å². The maximum absolute atomic E-state index is 13.2. The Morgan fingerprint density at radius 3 is 2.48 bits per heavy atom. The lowest BCUT2D eigenvalue weighted by Gasteiger charge is -2.32. The number of nitrogens with zero attached hydrogens (tertiary/aromatic N) is 5. The summed E-state index contributed by atoms with van der Waals surface area (Å²) in [4.78, 5) is 30.2. The average Bonchev–Trinajstić information content (AvgIpc) is 3.03. The smallest absolute Gasteiger partial charge is 0.276 e. The van der Waals surface area contributed by atoms with E-state index in [0.29, 0.717) is 18.5 Å². The van der Waals surface area contributed by atoms with Crippen LogP contribution in [0.2, 0.25) is 0 Å². The van der Waals surface area contributed by atoms with Crippen molar-refractivity contribution in [2.24, 2.45) is 0 Å². The fourth-order valence-electron chi connectivity index (χ4n) is 4.38. The van der Waals surface area contributed by atoms with Crippen LogP contribution in [0.25, 0.3) is 10.8 Å². The summed E-state index contributed by atoms with van der Waals surface area (Å²) in [5.41, 5.74) is 2.39. The van der Waals surface area contributed by atoms with E-state index in [1.54, 1.807) is 18.3 Å². The molecule has 0 saturated carbocycles. The first kappa shape index (κ1) is 23.1. The quantitative estimate of drug-likeness (QED) is 0.584. The normalized spacial score (nSPS) is 15.3. The number of hydrogen-bond acceptors (Lipinski definition) is 5. The molecule has 176 valence electrons. The number of rotatable bonds is 7. The number of halogens is 1. The number of hydrogen-bond donors (Lipinski definition) is 1. The molecular weight excluding hydrogens is 423 g/mol. The minimum Gasteiger partial charge on any atom is -0.353 e. The highest BCUT2D eigenvalue weighted by atomic mass is 19.1. The molecule has 0 aliphatic carbocycles. The highest BCUT2D eigenvalue weighted by molar-refractivity contribution is 5.87. The molecule has 1 N–H and O–H groups in total. The maximum Gasteiger partial charge on any atom is 0.276 e. The second-order valence-corrected chi connectivity index (χ2v) is 8.77. The van der Waals surface area contributed by atoms with Gasteiger partial charge in [-0.3, -0.25) is 14.5 Å². The largest absolute Gasteiger partial charge is 0.353 e. The Kier molecular flexibility index (Phi) is 6.90. The molecule has 4 rings (SSSR count). The summed E-state index contributed by atoms with van der Waals surface area (Å²) in [6, 6.07) is 6.34. The number of amides is 1. The van der Waals surface area contributed by atoms with Crippen LogP contribution in [-0.4, -0.2) is 76.4 Å². The Bertz CT molecular complexity index is 1190. The van der Waals surface area contributed by atoms with Gasteiger partial charge in [-0.25, -0.2) is 9.07 Å². The number of fused-ring (bicyclic) bond motifs is 1. The summed E-state index contributed by atoms with van der Waals surface area (Å²) in [6.07, 6.45) is 1.65. The molecule has 0 atom stereocenters. The van der Waals surface area contributed by atoms with E-state index in [1.165, 1.54) is 16.8 Å². The maximum atomic E-state index is 13.2. The van der Waals surface area contributed by atoms with E-state index in [0.717, 1.165) is 55.1 Å². The van der Waals surface area contributed by atoms with Crippen molar-refractivity contribution in [3.63, 3.8) is 0 Å². The van der Waals surface area contributed by atoms with Gasteiger partial charge in [0.2, 0.25) is 5.91 Å². The molecule has 9 heteroatoms. The van der Waals surface area contributed by atoms with Crippen molar-refractivity contribution < 1.29 is 9.18 Å². The zero-order chi connectivity index (χ0) is 23.5. The van der Waals surface area contributed by atoms with Gasteiger partial charge in [0, 0.05) is 62.6 Å². The first-order valence-electron chi connectivity index (χ1n) is 11.3. The molecule has 33 heavy (non-hydrogen) atoms. The second-order valence-electron chi connectivity index (χ2n) is 8.77. The van der Waals surface area contributed by atoms with E-state index < -0.39 is 0 Å². The van der Waals surface area contributed by atoms with E-state index >= 15 is 0 Å². The van der Waals surface area contributed by atoms with Gasteiger partial charge in [-0.05, 0) is 38.6 Å². The van der Waals surface area contributed by atoms with E-state index in [1.807, 2.05) is 18.4 Å². The molecule has 0 bridgehead atoms. The van der Waals surface area contributed by atoms with E-state index in [9.17, 15) is 14.0 Å². The number of carbonyl (C=O) groups excluding carboxylic acids is 1. The summed E-state index contributed by atoms with van der Waals surface area (Å²) >= 11 is 0. The lowest BCUT2D eigenvalue weighted by atomic mass is 10.2. The van der Waals surface area contributed by atoms with Gasteiger partial charge >= 0.3 is 0 Å². The molecule has 1 aromatic carbocycles. The first-order chi connectivity index (χ1) is 15.8. The predicted octanol–water partition coefficient (Wildman–Crippen LogP) is 1.37. The lowest BCUT2D eigenvalue weighted by Crippen LogP contribution is -2.47. The lowest BCUT2D eigenvalue weighted by molar-refractivity contribution is -0.122. The third kappa shape index (κ3) is 5.15. The molecule has 8 nitrogen and oxygen atoms in total. The molecule has 1 amide bonds. The van der Waals surface area contributed by atoms with Crippen LogP contribution >= 0.6 is 0 Å². The Morgan fingerprint density at radius 2 is 1.79 bits per heavy atom. The summed E-state index contributed by atoms with van der Waals surface area (Å²) in [6.45, 7) is 9.65. The molecular formula is C24H31FN6O2. The van der Waals surface area contributed by atoms with Crippen LogP contribution < -0.4 is 10.9 Å². The van der Waals surface area contributed by atoms with Gasteiger partial charge in [-0.15, -0.1) is 0 Å². The zero-order valence-corrected chi connectivity index (χ0v) is 19.5. The van der Waals surface area contributed by atoms with Gasteiger partial charge < -0.3 is 14.8 Å². The SMILES string of the molecule is Cc1c2cnn(CC(=O)NCCN3CCN(C)CC3)c(=O)c2c(C)n1Cc1ccc(F)cc1. The monoisotopic (exact) mass is 454 g/mol. The number of benzene rings is 1. The van der Waals surface area contributed by atoms with Crippen molar-refractivity contribution in [1.82, 2.24) is 29.5 Å². The molecule has 1 fully saturated rings. The van der Waals surface area contributed by atoms with Crippen LogP contribution in [0.15, 0.2) is 35.3 Å². The predicted molar refractivity (Wildman–Crippen MR) is 126 cm³/mol. The fourth-order valence-corrected chi connectivity index (χ4v) is 4.38. The zero-order valence-electron chi connectivity index (χ0n) is 19.5. The first-order valence-corrected chi connectivity index (χ1v) is 11.3. The van der Waals surface area contributed by atoms with Crippen LogP contribution in [0.4, 0.5) is 4.39 Å². The number of carbonyl (C=O) groups is 1. The Balaban J connectivity index is 1.45. The third-order valence-electron chi connectivity index (χ3n) is 6.50. The minimum atomic E-state index is -0.279. The van der Waals surface area contributed by atoms with E-state index in [-0.39, 0.29) is 23.8 Å². The number of aryl methyl sites for hydroxylation is 2. The fraction of sp³-hybridized carbons (Fsp3) is 0.458. The summed E-state index contributed by atoms with van der Waals surface area (Å²) in [5.74, 6) is -0.503. The molecule has 1 aliphatic heterocycles. The topological polar surface area (TPSA) is 75.4 Å². The summed E-state index contributed by atoms with van der Waals surface area (Å²) in [7, 11) is 2.11. The Labute approximate surface area is 192 Å². The Hall–Kier alpha value is -3.04. The highest BCUT2D eigenvalue weighted by Gasteiger charge is 2.18. The molecule has 0 radical (unpaired) electrons. The second kappa shape index (κ2) is 9.84. The van der Waals surface area contributed by atoms with Gasteiger partial charge in [-0.1, -0.05) is 12.1 Å². The molecule has 0 unspecified atom stereocenters. The van der Waals surface area contributed by atoms with Crippen molar-refractivity contribution >= 4 is 16.7 Å². The molecule has 0 spiro atoms. The van der Waals surface area contributed by atoms with Crippen molar-refractivity contribution in [3.05, 3.63) is 63.6 Å².